The molecule has 2 aromatic carbocycles. The number of ether oxygens (including phenoxy) is 1. The Kier molecular flexibility index (Phi) is 4.61. The van der Waals surface area contributed by atoms with Crippen molar-refractivity contribution >= 4 is 38.8 Å². The van der Waals surface area contributed by atoms with E-state index in [0.29, 0.717) is 10.2 Å². The van der Waals surface area contributed by atoms with Gasteiger partial charge in [-0.1, -0.05) is 24.3 Å². The van der Waals surface area contributed by atoms with Crippen LogP contribution in [0.2, 0.25) is 0 Å². The van der Waals surface area contributed by atoms with Crippen LogP contribution in [0.25, 0.3) is 10.8 Å². The number of hydrazone groups is 1. The first-order valence-corrected chi connectivity index (χ1v) is 7.97. The zero-order chi connectivity index (χ0) is 17.1. The summed E-state index contributed by atoms with van der Waals surface area (Å²) in [6, 6.07) is 11.6. The molecule has 1 amide bonds. The van der Waals surface area contributed by atoms with E-state index in [9.17, 15) is 4.79 Å². The number of amides is 1. The molecule has 6 nitrogen and oxygen atoms in total. The highest BCUT2D eigenvalue weighted by Crippen LogP contribution is 2.27. The number of nitrogens with zero attached hydrogens (tertiary/aromatic N) is 3. The Morgan fingerprint density at radius 1 is 1.29 bits per heavy atom. The van der Waals surface area contributed by atoms with Crippen LogP contribution in [-0.2, 0) is 7.05 Å². The first-order chi connectivity index (χ1) is 11.6. The van der Waals surface area contributed by atoms with Crippen LogP contribution in [0.4, 0.5) is 0 Å². The minimum atomic E-state index is -0.337. The Bertz CT molecular complexity index is 914. The molecule has 24 heavy (non-hydrogen) atoms. The molecule has 7 heteroatoms. The number of carbonyl (C=O) groups excluding carboxylic acids is 1. The number of benzene rings is 2. The lowest BCUT2D eigenvalue weighted by Crippen LogP contribution is -2.21. The van der Waals surface area contributed by atoms with Gasteiger partial charge < -0.3 is 4.74 Å². The predicted molar refractivity (Wildman–Crippen MR) is 96.5 cm³/mol. The third kappa shape index (κ3) is 3.03. The van der Waals surface area contributed by atoms with Crippen molar-refractivity contribution in [3.63, 3.8) is 0 Å². The first kappa shape index (κ1) is 16.2. The van der Waals surface area contributed by atoms with E-state index in [0.717, 1.165) is 22.1 Å². The molecule has 0 fully saturated rings. The van der Waals surface area contributed by atoms with Crippen LogP contribution in [0.1, 0.15) is 16.1 Å². The smallest absolute Gasteiger partial charge is 0.290 e. The number of halogens is 1. The molecular formula is C17H15BrN4O2. The maximum atomic E-state index is 12.2. The van der Waals surface area contributed by atoms with Gasteiger partial charge in [-0.25, -0.2) is 5.43 Å². The van der Waals surface area contributed by atoms with Crippen LogP contribution in [-0.4, -0.2) is 29.0 Å². The van der Waals surface area contributed by atoms with Gasteiger partial charge in [0.15, 0.2) is 0 Å². The van der Waals surface area contributed by atoms with Gasteiger partial charge in [0.05, 0.1) is 24.0 Å². The van der Waals surface area contributed by atoms with Gasteiger partial charge in [0, 0.05) is 18.0 Å². The topological polar surface area (TPSA) is 68.5 Å². The normalized spacial score (nSPS) is 11.1. The molecule has 0 spiro atoms. The van der Waals surface area contributed by atoms with Gasteiger partial charge in [0.25, 0.3) is 5.91 Å². The number of fused-ring (bicyclic) bond motifs is 1. The molecule has 1 N–H and O–H groups in total. The lowest BCUT2D eigenvalue weighted by molar-refractivity contribution is 0.0945. The Hall–Kier alpha value is -2.67. The van der Waals surface area contributed by atoms with E-state index >= 15 is 0 Å². The number of aromatic nitrogens is 2. The minimum absolute atomic E-state index is 0.337. The molecule has 0 radical (unpaired) electrons. The first-order valence-electron chi connectivity index (χ1n) is 7.18. The van der Waals surface area contributed by atoms with Crippen LogP contribution in [0, 0.1) is 0 Å². The van der Waals surface area contributed by atoms with Crippen LogP contribution >= 0.6 is 15.9 Å². The fourth-order valence-electron chi connectivity index (χ4n) is 2.46. The van der Waals surface area contributed by atoms with Crippen molar-refractivity contribution in [2.24, 2.45) is 12.1 Å². The Balaban J connectivity index is 1.85. The lowest BCUT2D eigenvalue weighted by Gasteiger charge is -2.07. The third-order valence-electron chi connectivity index (χ3n) is 3.62. The second kappa shape index (κ2) is 6.84. The SMILES string of the molecule is COc1ccc(/C=N/NC(=O)c2c(Br)cnn2C)c2ccccc12. The number of hydrogen-bond acceptors (Lipinski definition) is 4. The van der Waals surface area contributed by atoms with Crippen LogP contribution in [0.15, 0.2) is 52.2 Å². The second-order valence-corrected chi connectivity index (χ2v) is 5.92. The van der Waals surface area contributed by atoms with Gasteiger partial charge in [-0.3, -0.25) is 9.48 Å². The highest BCUT2D eigenvalue weighted by molar-refractivity contribution is 9.10. The average molecular weight is 387 g/mol. The molecule has 0 saturated heterocycles. The number of hydrogen-bond donors (Lipinski definition) is 1. The summed E-state index contributed by atoms with van der Waals surface area (Å²) in [7, 11) is 3.34. The summed E-state index contributed by atoms with van der Waals surface area (Å²) < 4.78 is 7.47. The van der Waals surface area contributed by atoms with Gasteiger partial charge >= 0.3 is 0 Å². The number of carbonyl (C=O) groups is 1. The van der Waals surface area contributed by atoms with Crippen LogP contribution in [0.3, 0.4) is 0 Å². The third-order valence-corrected chi connectivity index (χ3v) is 4.20. The molecule has 0 aliphatic rings. The van der Waals surface area contributed by atoms with Crippen LogP contribution < -0.4 is 10.2 Å². The molecule has 1 heterocycles. The van der Waals surface area contributed by atoms with Gasteiger partial charge in [-0.05, 0) is 33.4 Å². The van der Waals surface area contributed by atoms with Crippen molar-refractivity contribution in [1.29, 1.82) is 0 Å². The number of methoxy groups -OCH3 is 1. The van der Waals surface area contributed by atoms with E-state index in [-0.39, 0.29) is 5.91 Å². The van der Waals surface area contributed by atoms with Crippen LogP contribution in [0.5, 0.6) is 5.75 Å². The Labute approximate surface area is 147 Å². The van der Waals surface area contributed by atoms with Crippen molar-refractivity contribution in [2.75, 3.05) is 7.11 Å². The van der Waals surface area contributed by atoms with E-state index in [1.54, 1.807) is 26.6 Å². The van der Waals surface area contributed by atoms with Crippen molar-refractivity contribution in [2.45, 2.75) is 0 Å². The highest BCUT2D eigenvalue weighted by Gasteiger charge is 2.14. The van der Waals surface area contributed by atoms with Crippen molar-refractivity contribution < 1.29 is 9.53 Å². The predicted octanol–water partition coefficient (Wildman–Crippen LogP) is 3.11. The number of rotatable bonds is 4. The molecule has 0 aliphatic heterocycles. The fraction of sp³-hybridized carbons (Fsp3) is 0.118. The number of nitrogens with one attached hydrogen (secondary N) is 1. The van der Waals surface area contributed by atoms with Gasteiger partial charge in [0.1, 0.15) is 11.4 Å². The summed E-state index contributed by atoms with van der Waals surface area (Å²) in [6.45, 7) is 0. The van der Waals surface area contributed by atoms with E-state index < -0.39 is 0 Å². The fourth-order valence-corrected chi connectivity index (χ4v) is 2.99. The summed E-state index contributed by atoms with van der Waals surface area (Å²) >= 11 is 3.29. The summed E-state index contributed by atoms with van der Waals surface area (Å²) in [5.74, 6) is 0.460. The molecule has 0 aliphatic carbocycles. The van der Waals surface area contributed by atoms with E-state index in [4.69, 9.17) is 4.74 Å². The zero-order valence-corrected chi connectivity index (χ0v) is 14.7. The van der Waals surface area contributed by atoms with Gasteiger partial charge in [-0.2, -0.15) is 10.2 Å². The summed E-state index contributed by atoms with van der Waals surface area (Å²) in [4.78, 5) is 12.2. The van der Waals surface area contributed by atoms with Crippen molar-refractivity contribution in [3.8, 4) is 5.75 Å². The Morgan fingerprint density at radius 3 is 2.71 bits per heavy atom. The maximum Gasteiger partial charge on any atom is 0.290 e. The van der Waals surface area contributed by atoms with Crippen molar-refractivity contribution in [3.05, 3.63) is 58.3 Å². The Morgan fingerprint density at radius 2 is 2.04 bits per heavy atom. The molecule has 3 rings (SSSR count). The molecule has 0 bridgehead atoms. The van der Waals surface area contributed by atoms with E-state index in [1.807, 2.05) is 36.4 Å². The lowest BCUT2D eigenvalue weighted by atomic mass is 10.0. The number of aryl methyl sites for hydroxylation is 1. The zero-order valence-electron chi connectivity index (χ0n) is 13.2. The largest absolute Gasteiger partial charge is 0.496 e. The van der Waals surface area contributed by atoms with Gasteiger partial charge in [-0.15, -0.1) is 0 Å². The minimum Gasteiger partial charge on any atom is -0.496 e. The van der Waals surface area contributed by atoms with Gasteiger partial charge in [0.2, 0.25) is 0 Å². The maximum absolute atomic E-state index is 12.2. The average Bonchev–Trinajstić information content (AvgIpc) is 2.93. The molecule has 0 unspecified atom stereocenters. The molecular weight excluding hydrogens is 372 g/mol. The van der Waals surface area contributed by atoms with E-state index in [2.05, 4.69) is 31.6 Å². The monoisotopic (exact) mass is 386 g/mol. The standard InChI is InChI=1S/C17H15BrN4O2/c1-22-16(14(18)10-20-22)17(23)21-19-9-11-7-8-15(24-2)13-6-4-3-5-12(11)13/h3-10H,1-2H3,(H,21,23)/b19-9+. The second-order valence-electron chi connectivity index (χ2n) is 5.07. The molecule has 3 aromatic rings. The summed E-state index contributed by atoms with van der Waals surface area (Å²) in [5.41, 5.74) is 3.81. The molecule has 0 saturated carbocycles. The van der Waals surface area contributed by atoms with E-state index in [1.165, 1.54) is 4.68 Å². The molecule has 0 atom stereocenters. The quantitative estimate of drug-likeness (QED) is 0.553. The van der Waals surface area contributed by atoms with Crippen molar-refractivity contribution in [1.82, 2.24) is 15.2 Å². The summed E-state index contributed by atoms with van der Waals surface area (Å²) in [6.07, 6.45) is 3.18. The molecule has 122 valence electrons. The highest BCUT2D eigenvalue weighted by atomic mass is 79.9. The summed E-state index contributed by atoms with van der Waals surface area (Å²) in [5, 5.41) is 10.1. The molecule has 1 aromatic heterocycles.